The zero-order valence-corrected chi connectivity index (χ0v) is 9.92. The average Bonchev–Trinajstić information content (AvgIpc) is 2.58. The third kappa shape index (κ3) is 2.56. The van der Waals surface area contributed by atoms with E-state index in [1.54, 1.807) is 13.8 Å². The Morgan fingerprint density at radius 1 is 1.56 bits per heavy atom. The van der Waals surface area contributed by atoms with Gasteiger partial charge in [0.05, 0.1) is 5.69 Å². The molecule has 1 aromatic rings. The van der Waals surface area contributed by atoms with Gasteiger partial charge in [-0.3, -0.25) is 4.79 Å². The van der Waals surface area contributed by atoms with Crippen molar-refractivity contribution in [1.82, 2.24) is 4.37 Å². The highest BCUT2D eigenvalue weighted by molar-refractivity contribution is 7.11. The van der Waals surface area contributed by atoms with Gasteiger partial charge in [-0.25, -0.2) is 4.79 Å². The molecule has 0 bridgehead atoms. The fraction of sp³-hybridized carbons (Fsp3) is 0.444. The lowest BCUT2D eigenvalue weighted by atomic mass is 10.2. The second-order valence-electron chi connectivity index (χ2n) is 3.14. The molecular weight excluding hydrogens is 232 g/mol. The van der Waals surface area contributed by atoms with E-state index in [9.17, 15) is 9.59 Å². The van der Waals surface area contributed by atoms with Gasteiger partial charge in [0, 0.05) is 7.11 Å². The number of aryl methyl sites for hydroxylation is 1. The summed E-state index contributed by atoms with van der Waals surface area (Å²) in [7, 11) is 1.40. The lowest BCUT2D eigenvalue weighted by molar-refractivity contribution is -0.124. The van der Waals surface area contributed by atoms with Crippen LogP contribution in [0.5, 0.6) is 0 Å². The average molecular weight is 244 g/mol. The Morgan fingerprint density at radius 3 is 2.69 bits per heavy atom. The van der Waals surface area contributed by atoms with E-state index in [-0.39, 0.29) is 10.6 Å². The maximum Gasteiger partial charge on any atom is 0.340 e. The summed E-state index contributed by atoms with van der Waals surface area (Å²) in [6.45, 7) is 3.15. The van der Waals surface area contributed by atoms with Crippen LogP contribution in [0.2, 0.25) is 0 Å². The van der Waals surface area contributed by atoms with E-state index < -0.39 is 18.0 Å². The first kappa shape index (κ1) is 12.6. The monoisotopic (exact) mass is 244 g/mol. The molecule has 6 nitrogen and oxygen atoms in total. The van der Waals surface area contributed by atoms with E-state index >= 15 is 0 Å². The number of aromatic carboxylic acids is 1. The second kappa shape index (κ2) is 5.04. The molecule has 0 saturated heterocycles. The van der Waals surface area contributed by atoms with E-state index in [0.29, 0.717) is 5.69 Å². The Bertz CT molecular complexity index is 416. The summed E-state index contributed by atoms with van der Waals surface area (Å²) in [6, 6.07) is 0. The molecule has 0 radical (unpaired) electrons. The summed E-state index contributed by atoms with van der Waals surface area (Å²) in [5.41, 5.74) is 0.416. The summed E-state index contributed by atoms with van der Waals surface area (Å²) in [5, 5.41) is 11.6. The summed E-state index contributed by atoms with van der Waals surface area (Å²) in [5.74, 6) is -1.50. The van der Waals surface area contributed by atoms with Crippen molar-refractivity contribution in [3.8, 4) is 0 Å². The van der Waals surface area contributed by atoms with Gasteiger partial charge in [0.1, 0.15) is 16.7 Å². The molecule has 0 fully saturated rings. The molecular formula is C9H12N2O4S. The van der Waals surface area contributed by atoms with Gasteiger partial charge in [-0.1, -0.05) is 0 Å². The van der Waals surface area contributed by atoms with Crippen LogP contribution in [-0.2, 0) is 9.53 Å². The van der Waals surface area contributed by atoms with Gasteiger partial charge in [-0.2, -0.15) is 4.37 Å². The molecule has 88 valence electrons. The van der Waals surface area contributed by atoms with Crippen molar-refractivity contribution >= 4 is 28.4 Å². The van der Waals surface area contributed by atoms with Gasteiger partial charge in [-0.05, 0) is 25.4 Å². The Kier molecular flexibility index (Phi) is 3.97. The Labute approximate surface area is 96.4 Å². The molecule has 1 atom stereocenters. The number of rotatable bonds is 4. The molecule has 1 amide bonds. The predicted molar refractivity (Wildman–Crippen MR) is 58.9 cm³/mol. The fourth-order valence-corrected chi connectivity index (χ4v) is 1.82. The van der Waals surface area contributed by atoms with Crippen molar-refractivity contribution < 1.29 is 19.4 Å². The number of nitrogens with one attached hydrogen (secondary N) is 1. The summed E-state index contributed by atoms with van der Waals surface area (Å²) in [6.07, 6.45) is -0.635. The number of carboxylic acid groups (broad SMARTS) is 1. The molecule has 0 saturated carbocycles. The van der Waals surface area contributed by atoms with Crippen LogP contribution in [0, 0.1) is 6.92 Å². The zero-order valence-electron chi connectivity index (χ0n) is 9.10. The minimum atomic E-state index is -1.10. The first-order chi connectivity index (χ1) is 7.47. The molecule has 0 aromatic carbocycles. The van der Waals surface area contributed by atoms with E-state index in [1.165, 1.54) is 7.11 Å². The minimum absolute atomic E-state index is 0.0293. The first-order valence-corrected chi connectivity index (χ1v) is 5.28. The van der Waals surface area contributed by atoms with Gasteiger partial charge in [0.2, 0.25) is 0 Å². The molecule has 1 aromatic heterocycles. The third-order valence-electron chi connectivity index (χ3n) is 2.04. The van der Waals surface area contributed by atoms with Crippen LogP contribution in [0.15, 0.2) is 0 Å². The highest BCUT2D eigenvalue weighted by Crippen LogP contribution is 2.24. The molecule has 16 heavy (non-hydrogen) atoms. The van der Waals surface area contributed by atoms with Gasteiger partial charge in [-0.15, -0.1) is 0 Å². The molecule has 0 aliphatic heterocycles. The number of carboxylic acids is 1. The maximum absolute atomic E-state index is 11.5. The normalized spacial score (nSPS) is 12.2. The van der Waals surface area contributed by atoms with Gasteiger partial charge in [0.25, 0.3) is 5.91 Å². The molecule has 2 N–H and O–H groups in total. The summed E-state index contributed by atoms with van der Waals surface area (Å²) < 4.78 is 8.70. The summed E-state index contributed by atoms with van der Waals surface area (Å²) >= 11 is 0.942. The lowest BCUT2D eigenvalue weighted by Gasteiger charge is -2.09. The van der Waals surface area contributed by atoms with Crippen LogP contribution in [-0.4, -0.2) is 34.6 Å². The van der Waals surface area contributed by atoms with Crippen LogP contribution >= 0.6 is 11.5 Å². The highest BCUT2D eigenvalue weighted by Gasteiger charge is 2.21. The van der Waals surface area contributed by atoms with Crippen molar-refractivity contribution in [2.45, 2.75) is 20.0 Å². The Hall–Kier alpha value is -1.47. The van der Waals surface area contributed by atoms with E-state index in [4.69, 9.17) is 9.84 Å². The minimum Gasteiger partial charge on any atom is -0.478 e. The standard InChI is InChI=1S/C9H12N2O4S/c1-4-6(9(13)14)8(16-11-4)10-7(12)5(2)15-3/h5H,1-3H3,(H,10,12)(H,13,14). The van der Waals surface area contributed by atoms with Crippen LogP contribution in [0.4, 0.5) is 5.00 Å². The number of hydrogen-bond acceptors (Lipinski definition) is 5. The lowest BCUT2D eigenvalue weighted by Crippen LogP contribution is -2.26. The molecule has 1 unspecified atom stereocenters. The van der Waals surface area contributed by atoms with Gasteiger partial charge in [0.15, 0.2) is 0 Å². The largest absolute Gasteiger partial charge is 0.478 e. The van der Waals surface area contributed by atoms with E-state index in [2.05, 4.69) is 9.69 Å². The number of hydrogen-bond donors (Lipinski definition) is 2. The van der Waals surface area contributed by atoms with Crippen LogP contribution in [0.3, 0.4) is 0 Å². The maximum atomic E-state index is 11.5. The Morgan fingerprint density at radius 2 is 2.19 bits per heavy atom. The van der Waals surface area contributed by atoms with E-state index in [1.807, 2.05) is 0 Å². The number of aromatic nitrogens is 1. The molecule has 0 spiro atoms. The van der Waals surface area contributed by atoms with Crippen molar-refractivity contribution in [2.24, 2.45) is 0 Å². The molecule has 0 aliphatic carbocycles. The zero-order chi connectivity index (χ0) is 12.3. The fourth-order valence-electron chi connectivity index (χ4n) is 1.03. The summed E-state index contributed by atoms with van der Waals surface area (Å²) in [4.78, 5) is 22.4. The van der Waals surface area contributed by atoms with Crippen molar-refractivity contribution in [3.05, 3.63) is 11.3 Å². The first-order valence-electron chi connectivity index (χ1n) is 4.50. The van der Waals surface area contributed by atoms with Crippen molar-refractivity contribution in [3.63, 3.8) is 0 Å². The predicted octanol–water partition coefficient (Wildman–Crippen LogP) is 1.12. The smallest absolute Gasteiger partial charge is 0.340 e. The second-order valence-corrected chi connectivity index (χ2v) is 3.92. The number of methoxy groups -OCH3 is 1. The third-order valence-corrected chi connectivity index (χ3v) is 2.89. The molecule has 7 heteroatoms. The number of carbonyl (C=O) groups excluding carboxylic acids is 1. The van der Waals surface area contributed by atoms with Crippen molar-refractivity contribution in [2.75, 3.05) is 12.4 Å². The number of amides is 1. The Balaban J connectivity index is 2.90. The van der Waals surface area contributed by atoms with Gasteiger partial charge < -0.3 is 15.2 Å². The quantitative estimate of drug-likeness (QED) is 0.828. The van der Waals surface area contributed by atoms with Crippen LogP contribution in [0.25, 0.3) is 0 Å². The number of ether oxygens (including phenoxy) is 1. The number of anilines is 1. The van der Waals surface area contributed by atoms with Crippen LogP contribution < -0.4 is 5.32 Å². The van der Waals surface area contributed by atoms with Crippen molar-refractivity contribution in [1.29, 1.82) is 0 Å². The number of nitrogens with zero attached hydrogens (tertiary/aromatic N) is 1. The SMILES string of the molecule is COC(C)C(=O)Nc1snc(C)c1C(=O)O. The van der Waals surface area contributed by atoms with Crippen LogP contribution in [0.1, 0.15) is 23.0 Å². The molecule has 1 heterocycles. The molecule has 0 aliphatic rings. The highest BCUT2D eigenvalue weighted by atomic mass is 32.1. The molecule has 1 rings (SSSR count). The van der Waals surface area contributed by atoms with E-state index in [0.717, 1.165) is 11.5 Å². The topological polar surface area (TPSA) is 88.5 Å². The van der Waals surface area contributed by atoms with Gasteiger partial charge >= 0.3 is 5.97 Å². The number of carbonyl (C=O) groups is 2.